The standard InChI is InChI=1S/C16H29NO3/c1-15(2,3)12-6-8-17(9-7-12)13(18)10-16(4,5)11-14(19)20/h12H,6-11H2,1-5H3,(H,19,20). The second-order valence-electron chi connectivity index (χ2n) is 7.93. The fraction of sp³-hybridized carbons (Fsp3) is 0.875. The molecule has 1 N–H and O–H groups in total. The molecule has 20 heavy (non-hydrogen) atoms. The molecule has 0 aliphatic carbocycles. The molecule has 0 bridgehead atoms. The van der Waals surface area contributed by atoms with Crippen molar-refractivity contribution in [2.45, 2.75) is 60.3 Å². The number of likely N-dealkylation sites (tertiary alicyclic amines) is 1. The molecule has 4 nitrogen and oxygen atoms in total. The molecule has 1 heterocycles. The molecule has 116 valence electrons. The predicted molar refractivity (Wildman–Crippen MR) is 79.4 cm³/mol. The van der Waals surface area contributed by atoms with Gasteiger partial charge in [-0.05, 0) is 29.6 Å². The molecule has 1 aliphatic rings. The monoisotopic (exact) mass is 283 g/mol. The van der Waals surface area contributed by atoms with Gasteiger partial charge in [0.1, 0.15) is 0 Å². The zero-order chi connectivity index (χ0) is 15.6. The van der Waals surface area contributed by atoms with Gasteiger partial charge in [-0.3, -0.25) is 9.59 Å². The summed E-state index contributed by atoms with van der Waals surface area (Å²) < 4.78 is 0. The number of piperidine rings is 1. The zero-order valence-corrected chi connectivity index (χ0v) is 13.5. The molecule has 0 aromatic carbocycles. The Kier molecular flexibility index (Phi) is 5.22. The summed E-state index contributed by atoms with van der Waals surface area (Å²) in [6.07, 6.45) is 2.46. The van der Waals surface area contributed by atoms with Crippen molar-refractivity contribution in [3.05, 3.63) is 0 Å². The van der Waals surface area contributed by atoms with E-state index in [-0.39, 0.29) is 12.3 Å². The van der Waals surface area contributed by atoms with Gasteiger partial charge in [0, 0.05) is 19.5 Å². The van der Waals surface area contributed by atoms with E-state index in [2.05, 4.69) is 20.8 Å². The van der Waals surface area contributed by atoms with Crippen molar-refractivity contribution in [2.75, 3.05) is 13.1 Å². The zero-order valence-electron chi connectivity index (χ0n) is 13.5. The van der Waals surface area contributed by atoms with Crippen molar-refractivity contribution < 1.29 is 14.7 Å². The van der Waals surface area contributed by atoms with Crippen LogP contribution in [0.1, 0.15) is 60.3 Å². The second-order valence-corrected chi connectivity index (χ2v) is 7.93. The fourth-order valence-electron chi connectivity index (χ4n) is 2.99. The van der Waals surface area contributed by atoms with Crippen molar-refractivity contribution in [1.82, 2.24) is 4.90 Å². The fourth-order valence-corrected chi connectivity index (χ4v) is 2.99. The summed E-state index contributed by atoms with van der Waals surface area (Å²) in [7, 11) is 0. The summed E-state index contributed by atoms with van der Waals surface area (Å²) in [4.78, 5) is 25.0. The Bertz CT molecular complexity index is 360. The van der Waals surface area contributed by atoms with E-state index < -0.39 is 11.4 Å². The molecule has 0 aromatic rings. The molecule has 0 radical (unpaired) electrons. The Morgan fingerprint density at radius 2 is 1.55 bits per heavy atom. The van der Waals surface area contributed by atoms with Crippen LogP contribution < -0.4 is 0 Å². The average Bonchev–Trinajstić information content (AvgIpc) is 2.25. The Balaban J connectivity index is 2.49. The largest absolute Gasteiger partial charge is 0.481 e. The maximum absolute atomic E-state index is 12.3. The van der Waals surface area contributed by atoms with E-state index in [0.717, 1.165) is 25.9 Å². The number of aliphatic carboxylic acids is 1. The smallest absolute Gasteiger partial charge is 0.303 e. The SMILES string of the molecule is CC(C)(CC(=O)O)CC(=O)N1CCC(C(C)(C)C)CC1. The number of hydrogen-bond acceptors (Lipinski definition) is 2. The topological polar surface area (TPSA) is 57.6 Å². The van der Waals surface area contributed by atoms with Crippen LogP contribution in [0.25, 0.3) is 0 Å². The number of nitrogens with zero attached hydrogens (tertiary/aromatic N) is 1. The first-order chi connectivity index (χ1) is 9.01. The summed E-state index contributed by atoms with van der Waals surface area (Å²) in [6, 6.07) is 0. The highest BCUT2D eigenvalue weighted by Crippen LogP contribution is 2.35. The lowest BCUT2D eigenvalue weighted by molar-refractivity contribution is -0.141. The molecule has 1 fully saturated rings. The maximum atomic E-state index is 12.3. The van der Waals surface area contributed by atoms with E-state index in [9.17, 15) is 9.59 Å². The molecule has 1 rings (SSSR count). The van der Waals surface area contributed by atoms with Crippen LogP contribution in [-0.2, 0) is 9.59 Å². The molecular weight excluding hydrogens is 254 g/mol. The quantitative estimate of drug-likeness (QED) is 0.862. The number of hydrogen-bond donors (Lipinski definition) is 1. The highest BCUT2D eigenvalue weighted by molar-refractivity contribution is 5.78. The number of carbonyl (C=O) groups excluding carboxylic acids is 1. The van der Waals surface area contributed by atoms with E-state index >= 15 is 0 Å². The van der Waals surface area contributed by atoms with Crippen LogP contribution in [0.5, 0.6) is 0 Å². The maximum Gasteiger partial charge on any atom is 0.303 e. The molecule has 1 amide bonds. The van der Waals surface area contributed by atoms with Gasteiger partial charge in [-0.2, -0.15) is 0 Å². The number of carboxylic acid groups (broad SMARTS) is 1. The van der Waals surface area contributed by atoms with Gasteiger partial charge in [0.05, 0.1) is 6.42 Å². The summed E-state index contributed by atoms with van der Waals surface area (Å²) in [5.74, 6) is -0.0728. The first kappa shape index (κ1) is 17.0. The number of rotatable bonds is 4. The molecule has 0 saturated carbocycles. The van der Waals surface area contributed by atoms with Crippen LogP contribution in [-0.4, -0.2) is 35.0 Å². The van der Waals surface area contributed by atoms with E-state index in [1.807, 2.05) is 18.7 Å². The highest BCUT2D eigenvalue weighted by Gasteiger charge is 2.32. The molecule has 0 atom stereocenters. The van der Waals surface area contributed by atoms with Crippen LogP contribution in [0.3, 0.4) is 0 Å². The first-order valence-corrected chi connectivity index (χ1v) is 7.51. The van der Waals surface area contributed by atoms with Crippen molar-refractivity contribution in [1.29, 1.82) is 0 Å². The normalized spacial score (nSPS) is 18.1. The minimum absolute atomic E-state index is 0.0389. The van der Waals surface area contributed by atoms with Crippen LogP contribution in [0, 0.1) is 16.7 Å². The molecule has 1 saturated heterocycles. The lowest BCUT2D eigenvalue weighted by Gasteiger charge is -2.39. The van der Waals surface area contributed by atoms with Crippen LogP contribution in [0.15, 0.2) is 0 Å². The van der Waals surface area contributed by atoms with Crippen molar-refractivity contribution in [3.63, 3.8) is 0 Å². The number of carbonyl (C=O) groups is 2. The van der Waals surface area contributed by atoms with E-state index in [1.165, 1.54) is 0 Å². The van der Waals surface area contributed by atoms with E-state index in [1.54, 1.807) is 0 Å². The van der Waals surface area contributed by atoms with Crippen LogP contribution >= 0.6 is 0 Å². The van der Waals surface area contributed by atoms with Gasteiger partial charge in [-0.15, -0.1) is 0 Å². The van der Waals surface area contributed by atoms with Gasteiger partial charge in [0.2, 0.25) is 5.91 Å². The van der Waals surface area contributed by atoms with E-state index in [4.69, 9.17) is 5.11 Å². The third kappa shape index (κ3) is 5.14. The third-order valence-electron chi connectivity index (χ3n) is 4.33. The Morgan fingerprint density at radius 3 is 1.95 bits per heavy atom. The lowest BCUT2D eigenvalue weighted by atomic mass is 9.75. The lowest BCUT2D eigenvalue weighted by Crippen LogP contribution is -2.42. The second kappa shape index (κ2) is 6.15. The molecule has 4 heteroatoms. The van der Waals surface area contributed by atoms with Gasteiger partial charge in [0.15, 0.2) is 0 Å². The minimum atomic E-state index is -0.839. The van der Waals surface area contributed by atoms with Crippen LogP contribution in [0.2, 0.25) is 0 Å². The van der Waals surface area contributed by atoms with E-state index in [0.29, 0.717) is 17.8 Å². The first-order valence-electron chi connectivity index (χ1n) is 7.51. The van der Waals surface area contributed by atoms with Gasteiger partial charge in [-0.25, -0.2) is 0 Å². The summed E-state index contributed by atoms with van der Waals surface area (Å²) in [5, 5.41) is 8.87. The molecular formula is C16H29NO3. The van der Waals surface area contributed by atoms with Crippen molar-refractivity contribution >= 4 is 11.9 Å². The summed E-state index contributed by atoms with van der Waals surface area (Å²) >= 11 is 0. The van der Waals surface area contributed by atoms with Gasteiger partial charge in [0.25, 0.3) is 0 Å². The molecule has 0 unspecified atom stereocenters. The third-order valence-corrected chi connectivity index (χ3v) is 4.33. The summed E-state index contributed by atoms with van der Waals surface area (Å²) in [5.41, 5.74) is -0.165. The molecule has 0 spiro atoms. The molecule has 0 aromatic heterocycles. The Hall–Kier alpha value is -1.06. The number of carboxylic acids is 1. The number of amides is 1. The minimum Gasteiger partial charge on any atom is -0.481 e. The van der Waals surface area contributed by atoms with Crippen molar-refractivity contribution in [3.8, 4) is 0 Å². The highest BCUT2D eigenvalue weighted by atomic mass is 16.4. The Morgan fingerprint density at radius 1 is 1.05 bits per heavy atom. The van der Waals surface area contributed by atoms with Crippen molar-refractivity contribution in [2.24, 2.45) is 16.7 Å². The summed E-state index contributed by atoms with van der Waals surface area (Å²) in [6.45, 7) is 12.1. The van der Waals surface area contributed by atoms with Gasteiger partial charge < -0.3 is 10.0 Å². The predicted octanol–water partition coefficient (Wildman–Crippen LogP) is 3.16. The Labute approximate surface area is 122 Å². The van der Waals surface area contributed by atoms with Crippen LogP contribution in [0.4, 0.5) is 0 Å². The van der Waals surface area contributed by atoms with Gasteiger partial charge in [-0.1, -0.05) is 34.6 Å². The van der Waals surface area contributed by atoms with Gasteiger partial charge >= 0.3 is 5.97 Å². The average molecular weight is 283 g/mol. The molecule has 1 aliphatic heterocycles.